The molecule has 1 heterocycles. The average molecular weight is 271 g/mol. The Labute approximate surface area is 117 Å². The van der Waals surface area contributed by atoms with E-state index in [-0.39, 0.29) is 18.0 Å². The molecule has 0 unspecified atom stereocenters. The van der Waals surface area contributed by atoms with Crippen molar-refractivity contribution in [2.75, 3.05) is 5.32 Å². The number of anilines is 1. The Morgan fingerprint density at radius 3 is 2.70 bits per heavy atom. The maximum absolute atomic E-state index is 11.8. The summed E-state index contributed by atoms with van der Waals surface area (Å²) in [4.78, 5) is 27.9. The summed E-state index contributed by atoms with van der Waals surface area (Å²) in [5, 5.41) is 2.73. The number of benzene rings is 1. The van der Waals surface area contributed by atoms with E-state index in [9.17, 15) is 9.59 Å². The van der Waals surface area contributed by atoms with Crippen molar-refractivity contribution in [1.29, 1.82) is 0 Å². The van der Waals surface area contributed by atoms with Gasteiger partial charge in [-0.05, 0) is 18.6 Å². The first-order valence-electron chi connectivity index (χ1n) is 6.59. The third kappa shape index (κ3) is 3.78. The lowest BCUT2D eigenvalue weighted by Gasteiger charge is -2.07. The van der Waals surface area contributed by atoms with Crippen LogP contribution in [-0.2, 0) is 17.8 Å². The molecular weight excluding hydrogens is 254 g/mol. The highest BCUT2D eigenvalue weighted by Crippen LogP contribution is 2.04. The Bertz CT molecular complexity index is 635. The molecule has 0 saturated carbocycles. The van der Waals surface area contributed by atoms with Gasteiger partial charge in [0.1, 0.15) is 6.54 Å². The number of aromatic nitrogens is 2. The Hall–Kier alpha value is -2.43. The Morgan fingerprint density at radius 1 is 1.30 bits per heavy atom. The molecule has 0 aliphatic rings. The van der Waals surface area contributed by atoms with Gasteiger partial charge in [-0.15, -0.1) is 0 Å². The van der Waals surface area contributed by atoms with E-state index < -0.39 is 0 Å². The molecular formula is C15H17N3O2. The average Bonchev–Trinajstić information content (AvgIpc) is 2.43. The minimum absolute atomic E-state index is 0.0346. The molecule has 20 heavy (non-hydrogen) atoms. The van der Waals surface area contributed by atoms with Crippen LogP contribution in [-0.4, -0.2) is 15.5 Å². The summed E-state index contributed by atoms with van der Waals surface area (Å²) in [6, 6.07) is 10.6. The van der Waals surface area contributed by atoms with Gasteiger partial charge in [0, 0.05) is 17.4 Å². The highest BCUT2D eigenvalue weighted by Gasteiger charge is 2.06. The van der Waals surface area contributed by atoms with Crippen LogP contribution in [0.25, 0.3) is 0 Å². The van der Waals surface area contributed by atoms with Gasteiger partial charge in [-0.3, -0.25) is 14.2 Å². The predicted octanol–water partition coefficient (Wildman–Crippen LogP) is 1.83. The van der Waals surface area contributed by atoms with Crippen LogP contribution in [0.1, 0.15) is 19.0 Å². The fourth-order valence-electron chi connectivity index (χ4n) is 1.85. The number of hydrogen-bond donors (Lipinski definition) is 1. The van der Waals surface area contributed by atoms with Gasteiger partial charge in [-0.25, -0.2) is 4.98 Å². The normalized spacial score (nSPS) is 10.2. The zero-order chi connectivity index (χ0) is 14.4. The molecule has 2 aromatic rings. The molecule has 1 aromatic heterocycles. The van der Waals surface area contributed by atoms with Crippen molar-refractivity contribution in [3.63, 3.8) is 0 Å². The third-order valence-corrected chi connectivity index (χ3v) is 2.81. The number of aryl methyl sites for hydroxylation is 1. The fourth-order valence-corrected chi connectivity index (χ4v) is 1.85. The van der Waals surface area contributed by atoms with Crippen LogP contribution < -0.4 is 10.9 Å². The van der Waals surface area contributed by atoms with Gasteiger partial charge in [-0.1, -0.05) is 31.5 Å². The van der Waals surface area contributed by atoms with E-state index in [0.29, 0.717) is 5.69 Å². The van der Waals surface area contributed by atoms with Crippen LogP contribution >= 0.6 is 0 Å². The fraction of sp³-hybridized carbons (Fsp3) is 0.267. The molecule has 0 aliphatic carbocycles. The molecule has 0 spiro atoms. The van der Waals surface area contributed by atoms with Gasteiger partial charge < -0.3 is 5.32 Å². The van der Waals surface area contributed by atoms with Crippen molar-refractivity contribution in [3.05, 3.63) is 58.8 Å². The smallest absolute Gasteiger partial charge is 0.253 e. The van der Waals surface area contributed by atoms with Crippen molar-refractivity contribution in [2.24, 2.45) is 0 Å². The van der Waals surface area contributed by atoms with Crippen molar-refractivity contribution >= 4 is 11.6 Å². The Kier molecular flexibility index (Phi) is 4.65. The van der Waals surface area contributed by atoms with Crippen LogP contribution in [0.2, 0.25) is 0 Å². The van der Waals surface area contributed by atoms with E-state index in [0.717, 1.165) is 18.5 Å². The SMILES string of the molecule is CCCc1cc(=O)n(CC(=O)Nc2ccccc2)cn1. The number of carbonyl (C=O) groups excluding carboxylic acids is 1. The second kappa shape index (κ2) is 6.65. The molecule has 5 nitrogen and oxygen atoms in total. The summed E-state index contributed by atoms with van der Waals surface area (Å²) in [7, 11) is 0. The maximum Gasteiger partial charge on any atom is 0.253 e. The molecule has 1 N–H and O–H groups in total. The lowest BCUT2D eigenvalue weighted by molar-refractivity contribution is -0.116. The number of para-hydroxylation sites is 1. The maximum atomic E-state index is 11.8. The summed E-state index contributed by atoms with van der Waals surface area (Å²) in [5.74, 6) is -0.247. The van der Waals surface area contributed by atoms with Gasteiger partial charge in [0.2, 0.25) is 5.91 Å². The van der Waals surface area contributed by atoms with E-state index in [1.54, 1.807) is 12.1 Å². The van der Waals surface area contributed by atoms with E-state index >= 15 is 0 Å². The van der Waals surface area contributed by atoms with Gasteiger partial charge in [0.15, 0.2) is 0 Å². The van der Waals surface area contributed by atoms with Crippen LogP contribution in [0, 0.1) is 0 Å². The Balaban J connectivity index is 2.03. The van der Waals surface area contributed by atoms with Crippen LogP contribution in [0.4, 0.5) is 5.69 Å². The van der Waals surface area contributed by atoms with Gasteiger partial charge in [-0.2, -0.15) is 0 Å². The number of hydrogen-bond acceptors (Lipinski definition) is 3. The molecule has 0 saturated heterocycles. The number of carbonyl (C=O) groups is 1. The van der Waals surface area contributed by atoms with E-state index in [1.165, 1.54) is 17.0 Å². The molecule has 104 valence electrons. The summed E-state index contributed by atoms with van der Waals surface area (Å²) in [6.45, 7) is 1.99. The predicted molar refractivity (Wildman–Crippen MR) is 77.6 cm³/mol. The van der Waals surface area contributed by atoms with Crippen LogP contribution in [0.5, 0.6) is 0 Å². The van der Waals surface area contributed by atoms with Crippen molar-refractivity contribution < 1.29 is 4.79 Å². The highest BCUT2D eigenvalue weighted by molar-refractivity contribution is 5.90. The number of amides is 1. The molecule has 0 fully saturated rings. The van der Waals surface area contributed by atoms with Gasteiger partial charge >= 0.3 is 0 Å². The molecule has 0 radical (unpaired) electrons. The van der Waals surface area contributed by atoms with Crippen molar-refractivity contribution in [3.8, 4) is 0 Å². The first kappa shape index (κ1) is 14.0. The van der Waals surface area contributed by atoms with Crippen LogP contribution in [0.3, 0.4) is 0 Å². The van der Waals surface area contributed by atoms with E-state index in [4.69, 9.17) is 0 Å². The second-order valence-corrected chi connectivity index (χ2v) is 4.51. The summed E-state index contributed by atoms with van der Waals surface area (Å²) < 4.78 is 1.30. The quantitative estimate of drug-likeness (QED) is 0.902. The molecule has 0 aliphatic heterocycles. The van der Waals surface area contributed by atoms with Crippen LogP contribution in [0.15, 0.2) is 47.5 Å². The van der Waals surface area contributed by atoms with E-state index in [2.05, 4.69) is 10.3 Å². The highest BCUT2D eigenvalue weighted by atomic mass is 16.2. The lowest BCUT2D eigenvalue weighted by Crippen LogP contribution is -2.27. The second-order valence-electron chi connectivity index (χ2n) is 4.51. The summed E-state index contributed by atoms with van der Waals surface area (Å²) in [6.07, 6.45) is 3.13. The Morgan fingerprint density at radius 2 is 2.05 bits per heavy atom. The van der Waals surface area contributed by atoms with E-state index in [1.807, 2.05) is 25.1 Å². The van der Waals surface area contributed by atoms with Gasteiger partial charge in [0.05, 0.1) is 6.33 Å². The molecule has 2 rings (SSSR count). The zero-order valence-electron chi connectivity index (χ0n) is 11.4. The van der Waals surface area contributed by atoms with Crippen molar-refractivity contribution in [1.82, 2.24) is 9.55 Å². The largest absolute Gasteiger partial charge is 0.325 e. The molecule has 0 atom stereocenters. The number of nitrogens with zero attached hydrogens (tertiary/aromatic N) is 2. The first-order valence-corrected chi connectivity index (χ1v) is 6.59. The first-order chi connectivity index (χ1) is 9.69. The summed E-state index contributed by atoms with van der Waals surface area (Å²) in [5.41, 5.74) is 1.27. The number of nitrogens with one attached hydrogen (secondary N) is 1. The molecule has 5 heteroatoms. The standard InChI is InChI=1S/C15H17N3O2/c1-2-6-13-9-15(20)18(11-16-13)10-14(19)17-12-7-4-3-5-8-12/h3-5,7-9,11H,2,6,10H2,1H3,(H,17,19). The number of rotatable bonds is 5. The topological polar surface area (TPSA) is 64.0 Å². The lowest BCUT2D eigenvalue weighted by atomic mass is 10.2. The minimum Gasteiger partial charge on any atom is -0.325 e. The minimum atomic E-state index is -0.247. The monoisotopic (exact) mass is 271 g/mol. The molecule has 1 aromatic carbocycles. The van der Waals surface area contributed by atoms with Gasteiger partial charge in [0.25, 0.3) is 5.56 Å². The third-order valence-electron chi connectivity index (χ3n) is 2.81. The zero-order valence-corrected chi connectivity index (χ0v) is 11.4. The molecule has 1 amide bonds. The van der Waals surface area contributed by atoms with Crippen molar-refractivity contribution in [2.45, 2.75) is 26.3 Å². The summed E-state index contributed by atoms with van der Waals surface area (Å²) >= 11 is 0. The molecule has 0 bridgehead atoms.